The molecule has 0 amide bonds. The molecule has 0 spiro atoms. The standard InChI is InChI=1S/C15H21N5OS/c1-8-22-15(16-1)12-19-2-3-20-10-13(17-14(20)11-19)9-18-4-6-21-7-5-18/h1,8,10H,2-7,9,11-12H2. The first-order chi connectivity index (χ1) is 10.9. The van der Waals surface area contributed by atoms with Crippen molar-refractivity contribution in [3.8, 4) is 0 Å². The lowest BCUT2D eigenvalue weighted by Gasteiger charge is -2.26. The van der Waals surface area contributed by atoms with Gasteiger partial charge in [-0.05, 0) is 0 Å². The topological polar surface area (TPSA) is 46.4 Å². The maximum absolute atomic E-state index is 5.40. The van der Waals surface area contributed by atoms with Gasteiger partial charge in [0.15, 0.2) is 0 Å². The van der Waals surface area contributed by atoms with Crippen LogP contribution < -0.4 is 0 Å². The van der Waals surface area contributed by atoms with Crippen LogP contribution >= 0.6 is 11.3 Å². The highest BCUT2D eigenvalue weighted by atomic mass is 32.1. The molecule has 0 unspecified atom stereocenters. The Morgan fingerprint density at radius 1 is 1.09 bits per heavy atom. The minimum Gasteiger partial charge on any atom is -0.379 e. The maximum Gasteiger partial charge on any atom is 0.123 e. The lowest BCUT2D eigenvalue weighted by Crippen LogP contribution is -2.35. The van der Waals surface area contributed by atoms with Crippen LogP contribution in [0.5, 0.6) is 0 Å². The Kier molecular flexibility index (Phi) is 4.20. The van der Waals surface area contributed by atoms with Gasteiger partial charge < -0.3 is 9.30 Å². The lowest BCUT2D eigenvalue weighted by atomic mass is 10.3. The molecular formula is C15H21N5OS. The highest BCUT2D eigenvalue weighted by Crippen LogP contribution is 2.17. The minimum atomic E-state index is 0.842. The molecule has 6 nitrogen and oxygen atoms in total. The highest BCUT2D eigenvalue weighted by molar-refractivity contribution is 7.09. The van der Waals surface area contributed by atoms with Crippen LogP contribution in [0.25, 0.3) is 0 Å². The molecule has 0 N–H and O–H groups in total. The molecule has 4 rings (SSSR count). The molecule has 4 heterocycles. The molecular weight excluding hydrogens is 298 g/mol. The fourth-order valence-electron chi connectivity index (χ4n) is 3.08. The van der Waals surface area contributed by atoms with E-state index in [2.05, 4.69) is 25.5 Å². The molecule has 0 aromatic carbocycles. The molecule has 118 valence electrons. The molecule has 0 aliphatic carbocycles. The molecule has 1 fully saturated rings. The van der Waals surface area contributed by atoms with Crippen LogP contribution in [0.4, 0.5) is 0 Å². The van der Waals surface area contributed by atoms with Crippen molar-refractivity contribution in [3.05, 3.63) is 34.3 Å². The van der Waals surface area contributed by atoms with Gasteiger partial charge in [-0.2, -0.15) is 0 Å². The molecule has 2 aliphatic rings. The fourth-order valence-corrected chi connectivity index (χ4v) is 3.74. The lowest BCUT2D eigenvalue weighted by molar-refractivity contribution is 0.0337. The summed E-state index contributed by atoms with van der Waals surface area (Å²) in [4.78, 5) is 14.1. The van der Waals surface area contributed by atoms with E-state index in [0.717, 1.165) is 59.0 Å². The van der Waals surface area contributed by atoms with Gasteiger partial charge in [0, 0.05) is 50.5 Å². The van der Waals surface area contributed by atoms with Gasteiger partial charge in [-0.3, -0.25) is 9.80 Å². The first-order valence-electron chi connectivity index (χ1n) is 7.82. The average Bonchev–Trinajstić information content (AvgIpc) is 3.17. The van der Waals surface area contributed by atoms with Crippen molar-refractivity contribution in [1.82, 2.24) is 24.3 Å². The minimum absolute atomic E-state index is 0.842. The van der Waals surface area contributed by atoms with Gasteiger partial charge in [-0.1, -0.05) is 0 Å². The van der Waals surface area contributed by atoms with Gasteiger partial charge in [-0.25, -0.2) is 9.97 Å². The summed E-state index contributed by atoms with van der Waals surface area (Å²) in [6.07, 6.45) is 4.11. The number of rotatable bonds is 4. The summed E-state index contributed by atoms with van der Waals surface area (Å²) in [5.41, 5.74) is 1.19. The first-order valence-corrected chi connectivity index (χ1v) is 8.70. The molecule has 22 heavy (non-hydrogen) atoms. The third kappa shape index (κ3) is 3.22. The Balaban J connectivity index is 1.39. The molecule has 0 bridgehead atoms. The molecule has 1 saturated heterocycles. The Bertz CT molecular complexity index is 605. The van der Waals surface area contributed by atoms with Crippen LogP contribution in [0.15, 0.2) is 17.8 Å². The van der Waals surface area contributed by atoms with Crippen LogP contribution in [0, 0.1) is 0 Å². The van der Waals surface area contributed by atoms with E-state index in [1.165, 1.54) is 16.5 Å². The van der Waals surface area contributed by atoms with Gasteiger partial charge in [-0.15, -0.1) is 11.3 Å². The van der Waals surface area contributed by atoms with E-state index in [-0.39, 0.29) is 0 Å². The predicted molar refractivity (Wildman–Crippen MR) is 84.6 cm³/mol. The zero-order chi connectivity index (χ0) is 14.8. The van der Waals surface area contributed by atoms with Gasteiger partial charge >= 0.3 is 0 Å². The Morgan fingerprint density at radius 2 is 2.00 bits per heavy atom. The van der Waals surface area contributed by atoms with Crippen molar-refractivity contribution in [2.75, 3.05) is 32.8 Å². The van der Waals surface area contributed by atoms with E-state index in [4.69, 9.17) is 9.72 Å². The smallest absolute Gasteiger partial charge is 0.123 e. The van der Waals surface area contributed by atoms with E-state index in [1.54, 1.807) is 11.3 Å². The van der Waals surface area contributed by atoms with Crippen LogP contribution in [-0.4, -0.2) is 57.2 Å². The molecule has 0 atom stereocenters. The van der Waals surface area contributed by atoms with Crippen molar-refractivity contribution in [2.24, 2.45) is 0 Å². The number of thiazole rings is 1. The zero-order valence-corrected chi connectivity index (χ0v) is 13.5. The van der Waals surface area contributed by atoms with Crippen LogP contribution in [0.1, 0.15) is 16.5 Å². The number of morpholine rings is 1. The van der Waals surface area contributed by atoms with Crippen molar-refractivity contribution < 1.29 is 4.74 Å². The summed E-state index contributed by atoms with van der Waals surface area (Å²) in [5, 5.41) is 3.23. The first kappa shape index (κ1) is 14.3. The summed E-state index contributed by atoms with van der Waals surface area (Å²) in [7, 11) is 0. The fraction of sp³-hybridized carbons (Fsp3) is 0.600. The van der Waals surface area contributed by atoms with E-state index in [9.17, 15) is 0 Å². The summed E-state index contributed by atoms with van der Waals surface area (Å²) in [6, 6.07) is 0. The number of fused-ring (bicyclic) bond motifs is 1. The van der Waals surface area contributed by atoms with Gasteiger partial charge in [0.2, 0.25) is 0 Å². The van der Waals surface area contributed by atoms with Crippen molar-refractivity contribution in [1.29, 1.82) is 0 Å². The second-order valence-electron chi connectivity index (χ2n) is 5.87. The number of hydrogen-bond donors (Lipinski definition) is 0. The number of aromatic nitrogens is 3. The van der Waals surface area contributed by atoms with E-state index in [1.807, 2.05) is 11.6 Å². The zero-order valence-electron chi connectivity index (χ0n) is 12.6. The number of nitrogens with zero attached hydrogens (tertiary/aromatic N) is 5. The second-order valence-corrected chi connectivity index (χ2v) is 6.85. The van der Waals surface area contributed by atoms with Crippen LogP contribution in [0.3, 0.4) is 0 Å². The average molecular weight is 319 g/mol. The second kappa shape index (κ2) is 6.45. The quantitative estimate of drug-likeness (QED) is 0.847. The summed E-state index contributed by atoms with van der Waals surface area (Å²) < 4.78 is 7.72. The Morgan fingerprint density at radius 3 is 2.82 bits per heavy atom. The molecule has 0 saturated carbocycles. The van der Waals surface area contributed by atoms with E-state index < -0.39 is 0 Å². The summed E-state index contributed by atoms with van der Waals surface area (Å²) in [5.74, 6) is 1.19. The Hall–Kier alpha value is -1.28. The SMILES string of the molecule is c1csc(CN2CCn3cc(CN4CCOCC4)nc3C2)n1. The predicted octanol–water partition coefficient (Wildman–Crippen LogP) is 1.19. The molecule has 2 aliphatic heterocycles. The van der Waals surface area contributed by atoms with Crippen LogP contribution in [0.2, 0.25) is 0 Å². The number of ether oxygens (including phenoxy) is 1. The van der Waals surface area contributed by atoms with Crippen molar-refractivity contribution in [3.63, 3.8) is 0 Å². The maximum atomic E-state index is 5.40. The van der Waals surface area contributed by atoms with Gasteiger partial charge in [0.1, 0.15) is 10.8 Å². The highest BCUT2D eigenvalue weighted by Gasteiger charge is 2.20. The largest absolute Gasteiger partial charge is 0.379 e. The monoisotopic (exact) mass is 319 g/mol. The van der Waals surface area contributed by atoms with Gasteiger partial charge in [0.25, 0.3) is 0 Å². The van der Waals surface area contributed by atoms with Gasteiger partial charge in [0.05, 0.1) is 32.0 Å². The summed E-state index contributed by atoms with van der Waals surface area (Å²) >= 11 is 1.73. The molecule has 0 radical (unpaired) electrons. The van der Waals surface area contributed by atoms with Crippen molar-refractivity contribution in [2.45, 2.75) is 26.2 Å². The van der Waals surface area contributed by atoms with E-state index >= 15 is 0 Å². The number of hydrogen-bond acceptors (Lipinski definition) is 6. The normalized spacial score (nSPS) is 20.2. The molecule has 7 heteroatoms. The molecule has 2 aromatic heterocycles. The number of imidazole rings is 1. The van der Waals surface area contributed by atoms with Crippen LogP contribution in [-0.2, 0) is 30.9 Å². The Labute approximate surface area is 134 Å². The third-order valence-electron chi connectivity index (χ3n) is 4.26. The van der Waals surface area contributed by atoms with Crippen molar-refractivity contribution >= 4 is 11.3 Å². The van der Waals surface area contributed by atoms with E-state index in [0.29, 0.717) is 0 Å². The summed E-state index contributed by atoms with van der Waals surface area (Å²) in [6.45, 7) is 8.60. The third-order valence-corrected chi connectivity index (χ3v) is 5.03. The molecule has 2 aromatic rings.